The van der Waals surface area contributed by atoms with Crippen LogP contribution in [-0.4, -0.2) is 25.8 Å². The van der Waals surface area contributed by atoms with E-state index >= 15 is 0 Å². The van der Waals surface area contributed by atoms with Gasteiger partial charge in [-0.05, 0) is 35.1 Å². The first-order chi connectivity index (χ1) is 13.1. The van der Waals surface area contributed by atoms with Gasteiger partial charge in [-0.25, -0.2) is 4.21 Å². The quantitative estimate of drug-likeness (QED) is 0.387. The summed E-state index contributed by atoms with van der Waals surface area (Å²) in [7, 11) is -4.03. The molecule has 0 aromatic heterocycles. The molecule has 2 rings (SSSR count). The van der Waals surface area contributed by atoms with Crippen molar-refractivity contribution < 1.29 is 21.0 Å². The molecule has 162 valence electrons. The SMILES string of the molecule is CC(C)(C)COS(=O)c1cc(Br)cc2c(S(=O)(=O)OCC(C)(C)C)cc(Br)cc12. The first kappa shape index (κ1) is 24.9. The highest BCUT2D eigenvalue weighted by Crippen LogP contribution is 2.35. The molecule has 1 atom stereocenters. The first-order valence-corrected chi connectivity index (χ1v) is 13.0. The molecule has 5 nitrogen and oxygen atoms in total. The summed E-state index contributed by atoms with van der Waals surface area (Å²) in [5.41, 5.74) is -0.476. The van der Waals surface area contributed by atoms with Crippen LogP contribution in [0.2, 0.25) is 0 Å². The predicted octanol–water partition coefficient (Wildman–Crippen LogP) is 6.20. The van der Waals surface area contributed by atoms with Gasteiger partial charge in [-0.2, -0.15) is 8.42 Å². The third kappa shape index (κ3) is 7.11. The molecule has 0 aliphatic heterocycles. The fourth-order valence-electron chi connectivity index (χ4n) is 2.28. The summed E-state index contributed by atoms with van der Waals surface area (Å²) in [5.74, 6) is 0. The molecule has 0 fully saturated rings. The molecule has 0 saturated heterocycles. The van der Waals surface area contributed by atoms with E-state index in [0.717, 1.165) is 0 Å². The highest BCUT2D eigenvalue weighted by Gasteiger charge is 2.25. The lowest BCUT2D eigenvalue weighted by Gasteiger charge is -2.19. The van der Waals surface area contributed by atoms with Gasteiger partial charge in [0.15, 0.2) is 11.1 Å². The summed E-state index contributed by atoms with van der Waals surface area (Å²) in [4.78, 5) is 0.411. The molecule has 0 radical (unpaired) electrons. The van der Waals surface area contributed by atoms with E-state index in [1.165, 1.54) is 6.07 Å². The molecular formula is C20H26Br2O5S2. The Bertz CT molecular complexity index is 1040. The van der Waals surface area contributed by atoms with Gasteiger partial charge in [0.25, 0.3) is 10.1 Å². The van der Waals surface area contributed by atoms with Gasteiger partial charge >= 0.3 is 0 Å². The lowest BCUT2D eigenvalue weighted by Crippen LogP contribution is -2.19. The second-order valence-corrected chi connectivity index (χ2v) is 13.8. The van der Waals surface area contributed by atoms with Crippen LogP contribution >= 0.6 is 31.9 Å². The van der Waals surface area contributed by atoms with Crippen molar-refractivity contribution in [1.82, 2.24) is 0 Å². The lowest BCUT2D eigenvalue weighted by atomic mass is 9.99. The molecule has 2 aromatic carbocycles. The maximum atomic E-state index is 12.9. The standard InChI is InChI=1S/C20H26Br2O5S2/c1-19(2,3)11-26-28(23)17-9-13(21)8-16-15(17)7-14(22)10-18(16)29(24,25)27-12-20(4,5)6/h7-10H,11-12H2,1-6H3. The Hall–Kier alpha value is -0.320. The normalized spacial score (nSPS) is 14.3. The molecule has 0 amide bonds. The fourth-order valence-corrected chi connectivity index (χ4v) is 6.01. The number of hydrogen-bond acceptors (Lipinski definition) is 5. The Morgan fingerprint density at radius 2 is 1.38 bits per heavy atom. The third-order valence-corrected chi connectivity index (χ3v) is 6.87. The molecule has 0 saturated carbocycles. The Kier molecular flexibility index (Phi) is 7.78. The molecule has 29 heavy (non-hydrogen) atoms. The van der Waals surface area contributed by atoms with Gasteiger partial charge in [0.2, 0.25) is 0 Å². The second kappa shape index (κ2) is 9.04. The van der Waals surface area contributed by atoms with Crippen LogP contribution in [0.25, 0.3) is 10.8 Å². The molecule has 0 bridgehead atoms. The smallest absolute Gasteiger partial charge is 0.286 e. The van der Waals surface area contributed by atoms with Crippen molar-refractivity contribution in [3.8, 4) is 0 Å². The fraction of sp³-hybridized carbons (Fsp3) is 0.500. The molecule has 0 heterocycles. The summed E-state index contributed by atoms with van der Waals surface area (Å²) in [6, 6.07) is 6.59. The summed E-state index contributed by atoms with van der Waals surface area (Å²) >= 11 is 5.00. The Morgan fingerprint density at radius 3 is 1.93 bits per heavy atom. The third-order valence-electron chi connectivity index (χ3n) is 3.62. The van der Waals surface area contributed by atoms with Crippen molar-refractivity contribution in [3.05, 3.63) is 33.2 Å². The van der Waals surface area contributed by atoms with Crippen LogP contribution in [-0.2, 0) is 29.6 Å². The van der Waals surface area contributed by atoms with Crippen molar-refractivity contribution in [3.63, 3.8) is 0 Å². The van der Waals surface area contributed by atoms with E-state index in [4.69, 9.17) is 8.37 Å². The number of rotatable bonds is 6. The van der Waals surface area contributed by atoms with Crippen LogP contribution in [0.15, 0.2) is 43.0 Å². The average molecular weight is 570 g/mol. The van der Waals surface area contributed by atoms with Gasteiger partial charge in [0, 0.05) is 19.7 Å². The predicted molar refractivity (Wildman–Crippen MR) is 124 cm³/mol. The molecule has 1 unspecified atom stereocenters. The van der Waals surface area contributed by atoms with Crippen LogP contribution in [0, 0.1) is 10.8 Å². The molecule has 9 heteroatoms. The van der Waals surface area contributed by atoms with E-state index in [0.29, 0.717) is 31.2 Å². The van der Waals surface area contributed by atoms with Crippen LogP contribution in [0.4, 0.5) is 0 Å². The summed E-state index contributed by atoms with van der Waals surface area (Å²) in [6.45, 7) is 12.0. The Balaban J connectivity index is 2.61. The van der Waals surface area contributed by atoms with Gasteiger partial charge in [-0.1, -0.05) is 73.4 Å². The Labute approximate surface area is 192 Å². The molecular weight excluding hydrogens is 544 g/mol. The van der Waals surface area contributed by atoms with Gasteiger partial charge in [0.05, 0.1) is 18.1 Å². The maximum Gasteiger partial charge on any atom is 0.297 e. The largest absolute Gasteiger partial charge is 0.297 e. The minimum absolute atomic E-state index is 0.0153. The lowest BCUT2D eigenvalue weighted by molar-refractivity contribution is 0.203. The zero-order valence-corrected chi connectivity index (χ0v) is 22.1. The Morgan fingerprint density at radius 1 is 0.862 bits per heavy atom. The number of halogens is 2. The molecule has 0 spiro atoms. The summed E-state index contributed by atoms with van der Waals surface area (Å²) in [6.07, 6.45) is 0. The van der Waals surface area contributed by atoms with E-state index in [1.807, 2.05) is 41.5 Å². The molecule has 0 N–H and O–H groups in total. The number of fused-ring (bicyclic) bond motifs is 1. The van der Waals surface area contributed by atoms with Crippen LogP contribution in [0.3, 0.4) is 0 Å². The van der Waals surface area contributed by atoms with E-state index in [-0.39, 0.29) is 22.3 Å². The van der Waals surface area contributed by atoms with E-state index in [2.05, 4.69) is 31.9 Å². The van der Waals surface area contributed by atoms with Gasteiger partial charge in [-0.3, -0.25) is 8.37 Å². The van der Waals surface area contributed by atoms with Crippen molar-refractivity contribution in [2.75, 3.05) is 13.2 Å². The summed E-state index contributed by atoms with van der Waals surface area (Å²) < 4.78 is 50.7. The molecule has 0 aliphatic carbocycles. The van der Waals surface area contributed by atoms with Gasteiger partial charge < -0.3 is 0 Å². The molecule has 2 aromatic rings. The van der Waals surface area contributed by atoms with Gasteiger partial charge in [-0.15, -0.1) is 0 Å². The highest BCUT2D eigenvalue weighted by atomic mass is 79.9. The molecule has 0 aliphatic rings. The van der Waals surface area contributed by atoms with Crippen molar-refractivity contribution in [2.45, 2.75) is 51.3 Å². The number of benzene rings is 2. The van der Waals surface area contributed by atoms with E-state index < -0.39 is 21.2 Å². The van der Waals surface area contributed by atoms with E-state index in [9.17, 15) is 12.6 Å². The van der Waals surface area contributed by atoms with Crippen molar-refractivity contribution in [2.24, 2.45) is 10.8 Å². The average Bonchev–Trinajstić information content (AvgIpc) is 2.56. The van der Waals surface area contributed by atoms with Crippen LogP contribution in [0.1, 0.15) is 41.5 Å². The monoisotopic (exact) mass is 568 g/mol. The van der Waals surface area contributed by atoms with Gasteiger partial charge in [0.1, 0.15) is 4.90 Å². The van der Waals surface area contributed by atoms with E-state index in [1.54, 1.807) is 18.2 Å². The highest BCUT2D eigenvalue weighted by molar-refractivity contribution is 9.10. The second-order valence-electron chi connectivity index (χ2n) is 9.24. The topological polar surface area (TPSA) is 69.7 Å². The number of hydrogen-bond donors (Lipinski definition) is 0. The minimum Gasteiger partial charge on any atom is -0.286 e. The van der Waals surface area contributed by atoms with Crippen LogP contribution < -0.4 is 0 Å². The van der Waals surface area contributed by atoms with Crippen molar-refractivity contribution in [1.29, 1.82) is 0 Å². The zero-order valence-electron chi connectivity index (χ0n) is 17.3. The maximum absolute atomic E-state index is 12.9. The van der Waals surface area contributed by atoms with Crippen LogP contribution in [0.5, 0.6) is 0 Å². The summed E-state index contributed by atoms with van der Waals surface area (Å²) in [5, 5.41) is 0.937. The van der Waals surface area contributed by atoms with Crippen molar-refractivity contribution >= 4 is 63.8 Å². The minimum atomic E-state index is -4.03. The first-order valence-electron chi connectivity index (χ1n) is 8.96. The zero-order chi connectivity index (χ0) is 22.2.